The Labute approximate surface area is 184 Å². The number of halogens is 1. The molecule has 1 aliphatic rings. The summed E-state index contributed by atoms with van der Waals surface area (Å²) in [5.74, 6) is -1.09. The second-order valence-electron chi connectivity index (χ2n) is 5.92. The van der Waals surface area contributed by atoms with Crippen molar-refractivity contribution in [3.8, 4) is 0 Å². The molecule has 0 bridgehead atoms. The standard InChI is InChI=1S/C19H16BrNO4S2.C2H6/c1-12-11-21(27(24,25)15-9-7-14(20)8-10-15)17-6-4-3-5-16(17)18(12)26-13(2)19(22)23;1-2/h3-10H,2,11H2,1H3,(H,22,23);1-2H3. The number of para-hydroxylation sites is 1. The lowest BCUT2D eigenvalue weighted by Crippen LogP contribution is -2.35. The van der Waals surface area contributed by atoms with E-state index in [2.05, 4.69) is 22.5 Å². The zero-order chi connectivity index (χ0) is 21.8. The predicted octanol–water partition coefficient (Wildman–Crippen LogP) is 5.75. The third-order valence-electron chi connectivity index (χ3n) is 4.05. The van der Waals surface area contributed by atoms with E-state index in [0.29, 0.717) is 11.3 Å². The van der Waals surface area contributed by atoms with Crippen LogP contribution in [0.1, 0.15) is 26.3 Å². The summed E-state index contributed by atoms with van der Waals surface area (Å²) in [6, 6.07) is 13.5. The first-order chi connectivity index (χ1) is 13.7. The van der Waals surface area contributed by atoms with Gasteiger partial charge in [0.1, 0.15) is 0 Å². The van der Waals surface area contributed by atoms with Crippen molar-refractivity contribution in [3.05, 3.63) is 75.6 Å². The molecule has 0 aromatic heterocycles. The highest BCUT2D eigenvalue weighted by Gasteiger charge is 2.32. The molecule has 29 heavy (non-hydrogen) atoms. The SMILES string of the molecule is C=C(SC1=C(C)CN(S(=O)(=O)c2ccc(Br)cc2)c2ccccc21)C(=O)O.CC. The molecule has 0 atom stereocenters. The van der Waals surface area contributed by atoms with Crippen molar-refractivity contribution in [3.63, 3.8) is 0 Å². The molecule has 1 heterocycles. The van der Waals surface area contributed by atoms with E-state index in [4.69, 9.17) is 5.11 Å². The minimum Gasteiger partial charge on any atom is -0.477 e. The maximum atomic E-state index is 13.2. The number of sulfonamides is 1. The third-order valence-corrected chi connectivity index (χ3v) is 7.55. The molecule has 0 saturated heterocycles. The van der Waals surface area contributed by atoms with Gasteiger partial charge in [-0.25, -0.2) is 13.2 Å². The molecule has 8 heteroatoms. The Hall–Kier alpha value is -2.03. The van der Waals surface area contributed by atoms with Crippen LogP contribution in [0.15, 0.2) is 75.0 Å². The van der Waals surface area contributed by atoms with Gasteiger partial charge in [0, 0.05) is 14.9 Å². The van der Waals surface area contributed by atoms with Crippen LogP contribution in [-0.2, 0) is 14.8 Å². The molecule has 2 aromatic rings. The highest BCUT2D eigenvalue weighted by molar-refractivity contribution is 9.10. The summed E-state index contributed by atoms with van der Waals surface area (Å²) < 4.78 is 28.6. The number of rotatable bonds is 5. The van der Waals surface area contributed by atoms with E-state index in [0.717, 1.165) is 26.7 Å². The summed E-state index contributed by atoms with van der Waals surface area (Å²) in [6.07, 6.45) is 0. The number of benzene rings is 2. The Balaban J connectivity index is 0.00000145. The molecule has 3 rings (SSSR count). The summed E-state index contributed by atoms with van der Waals surface area (Å²) in [5.41, 5.74) is 1.96. The predicted molar refractivity (Wildman–Crippen MR) is 123 cm³/mol. The maximum absolute atomic E-state index is 13.2. The number of thioether (sulfide) groups is 1. The number of fused-ring (bicyclic) bond motifs is 1. The highest BCUT2D eigenvalue weighted by Crippen LogP contribution is 2.45. The van der Waals surface area contributed by atoms with Crippen molar-refractivity contribution in [2.75, 3.05) is 10.8 Å². The van der Waals surface area contributed by atoms with Crippen molar-refractivity contribution >= 4 is 54.3 Å². The van der Waals surface area contributed by atoms with E-state index in [1.165, 1.54) is 4.31 Å². The zero-order valence-corrected chi connectivity index (χ0v) is 19.6. The molecule has 1 N–H and O–H groups in total. The van der Waals surface area contributed by atoms with Gasteiger partial charge in [0.2, 0.25) is 0 Å². The Morgan fingerprint density at radius 3 is 2.31 bits per heavy atom. The molecule has 0 saturated carbocycles. The van der Waals surface area contributed by atoms with Crippen LogP contribution in [0.2, 0.25) is 0 Å². The van der Waals surface area contributed by atoms with E-state index in [1.54, 1.807) is 55.5 Å². The molecule has 0 spiro atoms. The minimum atomic E-state index is -3.76. The quantitative estimate of drug-likeness (QED) is 0.534. The number of anilines is 1. The number of aliphatic carboxylic acids is 1. The Bertz CT molecular complexity index is 1060. The van der Waals surface area contributed by atoms with Gasteiger partial charge in [-0.15, -0.1) is 0 Å². The minimum absolute atomic E-state index is 0.0108. The van der Waals surface area contributed by atoms with Crippen molar-refractivity contribution in [1.82, 2.24) is 0 Å². The summed E-state index contributed by atoms with van der Waals surface area (Å²) >= 11 is 4.36. The van der Waals surface area contributed by atoms with Crippen molar-refractivity contribution in [2.24, 2.45) is 0 Å². The first-order valence-corrected chi connectivity index (χ1v) is 11.9. The van der Waals surface area contributed by atoms with Crippen LogP contribution < -0.4 is 4.31 Å². The number of carboxylic acids is 1. The molecule has 1 aliphatic heterocycles. The van der Waals surface area contributed by atoms with Crippen LogP contribution in [0.3, 0.4) is 0 Å². The van der Waals surface area contributed by atoms with Gasteiger partial charge in [0.15, 0.2) is 0 Å². The van der Waals surface area contributed by atoms with E-state index >= 15 is 0 Å². The fraction of sp³-hybridized carbons (Fsp3) is 0.190. The van der Waals surface area contributed by atoms with Crippen molar-refractivity contribution in [2.45, 2.75) is 25.7 Å². The van der Waals surface area contributed by atoms with Gasteiger partial charge in [0.25, 0.3) is 10.0 Å². The van der Waals surface area contributed by atoms with Crippen molar-refractivity contribution in [1.29, 1.82) is 0 Å². The molecule has 0 radical (unpaired) electrons. The Morgan fingerprint density at radius 2 is 1.72 bits per heavy atom. The lowest BCUT2D eigenvalue weighted by atomic mass is 10.1. The van der Waals surface area contributed by atoms with Crippen LogP contribution in [0.25, 0.3) is 4.91 Å². The molecule has 0 unspecified atom stereocenters. The molecule has 2 aromatic carbocycles. The summed E-state index contributed by atoms with van der Waals surface area (Å²) in [4.78, 5) is 12.1. The maximum Gasteiger partial charge on any atom is 0.341 e. The number of hydrogen-bond acceptors (Lipinski definition) is 4. The highest BCUT2D eigenvalue weighted by atomic mass is 79.9. The van der Waals surface area contributed by atoms with Crippen LogP contribution in [0, 0.1) is 0 Å². The van der Waals surface area contributed by atoms with Gasteiger partial charge in [0.05, 0.1) is 22.0 Å². The molecule has 0 amide bonds. The second kappa shape index (κ2) is 9.65. The lowest BCUT2D eigenvalue weighted by molar-refractivity contribution is -0.131. The smallest absolute Gasteiger partial charge is 0.341 e. The van der Waals surface area contributed by atoms with E-state index in [-0.39, 0.29) is 16.3 Å². The summed E-state index contributed by atoms with van der Waals surface area (Å²) in [5, 5.41) is 9.15. The van der Waals surface area contributed by atoms with Crippen LogP contribution in [0.4, 0.5) is 5.69 Å². The summed E-state index contributed by atoms with van der Waals surface area (Å²) in [7, 11) is -3.76. The van der Waals surface area contributed by atoms with Gasteiger partial charge >= 0.3 is 5.97 Å². The zero-order valence-electron chi connectivity index (χ0n) is 16.3. The van der Waals surface area contributed by atoms with Gasteiger partial charge in [-0.05, 0) is 42.8 Å². The molecule has 0 fully saturated rings. The molecule has 0 aliphatic carbocycles. The normalized spacial score (nSPS) is 13.3. The molecular formula is C21H22BrNO4S2. The van der Waals surface area contributed by atoms with Crippen LogP contribution in [0.5, 0.6) is 0 Å². The third kappa shape index (κ3) is 4.94. The monoisotopic (exact) mass is 495 g/mol. The number of nitrogens with zero attached hydrogens (tertiary/aromatic N) is 1. The lowest BCUT2D eigenvalue weighted by Gasteiger charge is -2.32. The van der Waals surface area contributed by atoms with Crippen LogP contribution >= 0.6 is 27.7 Å². The van der Waals surface area contributed by atoms with Crippen molar-refractivity contribution < 1.29 is 18.3 Å². The van der Waals surface area contributed by atoms with Gasteiger partial charge < -0.3 is 5.11 Å². The van der Waals surface area contributed by atoms with E-state index in [1.807, 2.05) is 13.8 Å². The second-order valence-corrected chi connectivity index (χ2v) is 9.81. The molecular weight excluding hydrogens is 474 g/mol. The number of carbonyl (C=O) groups is 1. The first-order valence-electron chi connectivity index (χ1n) is 8.89. The van der Waals surface area contributed by atoms with E-state index < -0.39 is 16.0 Å². The fourth-order valence-electron chi connectivity index (χ4n) is 2.74. The van der Waals surface area contributed by atoms with Gasteiger partial charge in [-0.1, -0.05) is 66.3 Å². The molecule has 5 nitrogen and oxygen atoms in total. The molecule has 154 valence electrons. The summed E-state index contributed by atoms with van der Waals surface area (Å²) in [6.45, 7) is 9.52. The van der Waals surface area contributed by atoms with Gasteiger partial charge in [-0.3, -0.25) is 4.31 Å². The van der Waals surface area contributed by atoms with Gasteiger partial charge in [-0.2, -0.15) is 0 Å². The Kier molecular flexibility index (Phi) is 7.73. The number of hydrogen-bond donors (Lipinski definition) is 1. The largest absolute Gasteiger partial charge is 0.477 e. The average molecular weight is 496 g/mol. The fourth-order valence-corrected chi connectivity index (χ4v) is 5.38. The first kappa shape index (κ1) is 23.3. The Morgan fingerprint density at radius 1 is 1.14 bits per heavy atom. The topological polar surface area (TPSA) is 74.7 Å². The van der Waals surface area contributed by atoms with Crippen LogP contribution in [-0.4, -0.2) is 26.0 Å². The average Bonchev–Trinajstić information content (AvgIpc) is 2.71. The number of carboxylic acid groups (broad SMARTS) is 1. The van der Waals surface area contributed by atoms with E-state index in [9.17, 15) is 13.2 Å².